The molecule has 1 aromatic heterocycles. The van der Waals surface area contributed by atoms with Crippen LogP contribution in [0.25, 0.3) is 0 Å². The number of nitrogens with zero attached hydrogens (tertiary/aromatic N) is 2. The minimum Gasteiger partial charge on any atom is -0.357 e. The van der Waals surface area contributed by atoms with E-state index < -0.39 is 18.0 Å². The SMILES string of the molecule is CCN(CC)c1ccc(CNC(=O)CC2NC(=O)NC2=O)cn1. The van der Waals surface area contributed by atoms with Crippen LogP contribution in [0.5, 0.6) is 0 Å². The first kappa shape index (κ1) is 16.7. The second-order valence-corrected chi connectivity index (χ2v) is 5.19. The van der Waals surface area contributed by atoms with E-state index in [4.69, 9.17) is 0 Å². The fourth-order valence-electron chi connectivity index (χ4n) is 2.32. The van der Waals surface area contributed by atoms with Crippen molar-refractivity contribution in [1.82, 2.24) is 20.9 Å². The lowest BCUT2D eigenvalue weighted by atomic mass is 10.2. The molecule has 1 atom stereocenters. The molecule has 0 aromatic carbocycles. The Balaban J connectivity index is 1.82. The third kappa shape index (κ3) is 4.41. The third-order valence-corrected chi connectivity index (χ3v) is 3.63. The molecule has 1 aliphatic heterocycles. The quantitative estimate of drug-likeness (QED) is 0.620. The standard InChI is InChI=1S/C15H21N5O3/c1-3-20(4-2)12-6-5-10(8-16-12)9-17-13(21)7-11-14(22)19-15(23)18-11/h5-6,8,11H,3-4,7,9H2,1-2H3,(H,17,21)(H2,18,19,22,23). The first-order valence-electron chi connectivity index (χ1n) is 7.61. The molecular formula is C15H21N5O3. The smallest absolute Gasteiger partial charge is 0.322 e. The van der Waals surface area contributed by atoms with Gasteiger partial charge in [0.2, 0.25) is 5.91 Å². The number of imide groups is 1. The van der Waals surface area contributed by atoms with E-state index in [1.807, 2.05) is 12.1 Å². The van der Waals surface area contributed by atoms with Crippen LogP contribution in [0.15, 0.2) is 18.3 Å². The van der Waals surface area contributed by atoms with E-state index in [0.29, 0.717) is 6.54 Å². The molecule has 2 heterocycles. The zero-order valence-electron chi connectivity index (χ0n) is 13.3. The van der Waals surface area contributed by atoms with Gasteiger partial charge in [-0.15, -0.1) is 0 Å². The zero-order valence-corrected chi connectivity index (χ0v) is 13.3. The number of urea groups is 1. The number of carbonyl (C=O) groups excluding carboxylic acids is 3. The Morgan fingerprint density at radius 2 is 2.04 bits per heavy atom. The average Bonchev–Trinajstić information content (AvgIpc) is 2.85. The van der Waals surface area contributed by atoms with Gasteiger partial charge < -0.3 is 15.5 Å². The Hall–Kier alpha value is -2.64. The van der Waals surface area contributed by atoms with Crippen molar-refractivity contribution in [3.8, 4) is 0 Å². The molecule has 0 bridgehead atoms. The van der Waals surface area contributed by atoms with E-state index in [-0.39, 0.29) is 12.3 Å². The summed E-state index contributed by atoms with van der Waals surface area (Å²) >= 11 is 0. The number of rotatable bonds is 7. The van der Waals surface area contributed by atoms with Crippen molar-refractivity contribution in [3.63, 3.8) is 0 Å². The van der Waals surface area contributed by atoms with Gasteiger partial charge in [0.25, 0.3) is 5.91 Å². The molecule has 1 unspecified atom stereocenters. The molecule has 8 heteroatoms. The number of pyridine rings is 1. The Labute approximate surface area is 134 Å². The molecule has 1 aromatic rings. The maximum Gasteiger partial charge on any atom is 0.322 e. The molecular weight excluding hydrogens is 298 g/mol. The fraction of sp³-hybridized carbons (Fsp3) is 0.467. The van der Waals surface area contributed by atoms with E-state index >= 15 is 0 Å². The Bertz CT molecular complexity index is 583. The molecule has 1 fully saturated rings. The van der Waals surface area contributed by atoms with Crippen LogP contribution in [0.2, 0.25) is 0 Å². The lowest BCUT2D eigenvalue weighted by Gasteiger charge is -2.19. The largest absolute Gasteiger partial charge is 0.357 e. The first-order chi connectivity index (χ1) is 11.0. The number of hydrogen-bond acceptors (Lipinski definition) is 5. The molecule has 0 spiro atoms. The summed E-state index contributed by atoms with van der Waals surface area (Å²) in [5.74, 6) is 0.117. The molecule has 2 rings (SSSR count). The van der Waals surface area contributed by atoms with Gasteiger partial charge in [0.1, 0.15) is 11.9 Å². The highest BCUT2D eigenvalue weighted by Crippen LogP contribution is 2.10. The maximum absolute atomic E-state index is 11.8. The lowest BCUT2D eigenvalue weighted by Crippen LogP contribution is -2.36. The second kappa shape index (κ2) is 7.57. The van der Waals surface area contributed by atoms with Crippen molar-refractivity contribution in [2.24, 2.45) is 0 Å². The summed E-state index contributed by atoms with van der Waals surface area (Å²) in [7, 11) is 0. The van der Waals surface area contributed by atoms with Crippen LogP contribution in [-0.2, 0) is 16.1 Å². The van der Waals surface area contributed by atoms with E-state index in [1.165, 1.54) is 0 Å². The lowest BCUT2D eigenvalue weighted by molar-refractivity contribution is -0.126. The van der Waals surface area contributed by atoms with Gasteiger partial charge in [0.15, 0.2) is 0 Å². The van der Waals surface area contributed by atoms with E-state index in [2.05, 4.69) is 39.7 Å². The minimum absolute atomic E-state index is 0.0808. The molecule has 0 radical (unpaired) electrons. The predicted molar refractivity (Wildman–Crippen MR) is 84.7 cm³/mol. The Kier molecular flexibility index (Phi) is 5.51. The Morgan fingerprint density at radius 1 is 1.30 bits per heavy atom. The predicted octanol–water partition coefficient (Wildman–Crippen LogP) is 0.142. The number of anilines is 1. The topological polar surface area (TPSA) is 103 Å². The molecule has 23 heavy (non-hydrogen) atoms. The van der Waals surface area contributed by atoms with Crippen molar-refractivity contribution >= 4 is 23.7 Å². The first-order valence-corrected chi connectivity index (χ1v) is 7.61. The van der Waals surface area contributed by atoms with E-state index in [0.717, 1.165) is 24.5 Å². The summed E-state index contributed by atoms with van der Waals surface area (Å²) in [6.07, 6.45) is 1.64. The van der Waals surface area contributed by atoms with Crippen molar-refractivity contribution < 1.29 is 14.4 Å². The molecule has 4 amide bonds. The number of carbonyl (C=O) groups is 3. The zero-order chi connectivity index (χ0) is 16.8. The maximum atomic E-state index is 11.8. The van der Waals surface area contributed by atoms with Crippen LogP contribution < -0.4 is 20.9 Å². The molecule has 124 valence electrons. The molecule has 3 N–H and O–H groups in total. The highest BCUT2D eigenvalue weighted by atomic mass is 16.2. The number of nitrogens with one attached hydrogen (secondary N) is 3. The van der Waals surface area contributed by atoms with Gasteiger partial charge in [-0.2, -0.15) is 0 Å². The summed E-state index contributed by atoms with van der Waals surface area (Å²) in [5, 5.41) is 7.19. The number of hydrogen-bond donors (Lipinski definition) is 3. The molecule has 1 aliphatic rings. The average molecular weight is 319 g/mol. The highest BCUT2D eigenvalue weighted by Gasteiger charge is 2.31. The van der Waals surface area contributed by atoms with E-state index in [1.54, 1.807) is 6.20 Å². The summed E-state index contributed by atoms with van der Waals surface area (Å²) in [4.78, 5) is 40.7. The summed E-state index contributed by atoms with van der Waals surface area (Å²) in [6.45, 7) is 6.23. The van der Waals surface area contributed by atoms with Crippen molar-refractivity contribution in [2.75, 3.05) is 18.0 Å². The van der Waals surface area contributed by atoms with Crippen LogP contribution in [-0.4, -0.2) is 42.0 Å². The number of amides is 4. The van der Waals surface area contributed by atoms with E-state index in [9.17, 15) is 14.4 Å². The number of aromatic nitrogens is 1. The summed E-state index contributed by atoms with van der Waals surface area (Å²) in [6, 6.07) is 2.46. The van der Waals surface area contributed by atoms with Crippen molar-refractivity contribution in [3.05, 3.63) is 23.9 Å². The highest BCUT2D eigenvalue weighted by molar-refractivity contribution is 6.05. The molecule has 1 saturated heterocycles. The van der Waals surface area contributed by atoms with Gasteiger partial charge in [-0.25, -0.2) is 9.78 Å². The van der Waals surface area contributed by atoms with Gasteiger partial charge in [-0.3, -0.25) is 14.9 Å². The second-order valence-electron chi connectivity index (χ2n) is 5.19. The normalized spacial score (nSPS) is 16.7. The minimum atomic E-state index is -0.800. The van der Waals surface area contributed by atoms with Gasteiger partial charge in [0.05, 0.1) is 6.42 Å². The third-order valence-electron chi connectivity index (χ3n) is 3.63. The fourth-order valence-corrected chi connectivity index (χ4v) is 2.32. The van der Waals surface area contributed by atoms with Crippen LogP contribution in [0.3, 0.4) is 0 Å². The molecule has 8 nitrogen and oxygen atoms in total. The van der Waals surface area contributed by atoms with Crippen LogP contribution in [0.1, 0.15) is 25.8 Å². The van der Waals surface area contributed by atoms with Gasteiger partial charge in [-0.1, -0.05) is 6.07 Å². The summed E-state index contributed by atoms with van der Waals surface area (Å²) < 4.78 is 0. The molecule has 0 aliphatic carbocycles. The van der Waals surface area contributed by atoms with Crippen molar-refractivity contribution in [1.29, 1.82) is 0 Å². The molecule has 0 saturated carbocycles. The van der Waals surface area contributed by atoms with Crippen molar-refractivity contribution in [2.45, 2.75) is 32.9 Å². The monoisotopic (exact) mass is 319 g/mol. The van der Waals surface area contributed by atoms with Crippen LogP contribution in [0.4, 0.5) is 10.6 Å². The van der Waals surface area contributed by atoms with Crippen LogP contribution in [0, 0.1) is 0 Å². The van der Waals surface area contributed by atoms with Crippen LogP contribution >= 0.6 is 0 Å². The van der Waals surface area contributed by atoms with Gasteiger partial charge in [0, 0.05) is 25.8 Å². The van der Waals surface area contributed by atoms with Gasteiger partial charge >= 0.3 is 6.03 Å². The summed E-state index contributed by atoms with van der Waals surface area (Å²) in [5.41, 5.74) is 0.870. The van der Waals surface area contributed by atoms with Gasteiger partial charge in [-0.05, 0) is 25.5 Å². The Morgan fingerprint density at radius 3 is 2.57 bits per heavy atom.